The fraction of sp³-hybridized carbons (Fsp3) is 0.500. The highest BCUT2D eigenvalue weighted by Gasteiger charge is 2.28. The molecule has 0 aliphatic carbocycles. The average Bonchev–Trinajstić information content (AvgIpc) is 2.66. The van der Waals surface area contributed by atoms with Crippen molar-refractivity contribution >= 4 is 0 Å². The van der Waals surface area contributed by atoms with Gasteiger partial charge in [-0.25, -0.2) is 0 Å². The zero-order valence-corrected chi connectivity index (χ0v) is 9.06. The highest BCUT2D eigenvalue weighted by molar-refractivity contribution is 5.14. The van der Waals surface area contributed by atoms with E-state index in [0.29, 0.717) is 6.54 Å². The SMILES string of the molecule is CN(Cc1ccccc1)C1CNCC1O. The molecule has 0 aromatic heterocycles. The molecule has 15 heavy (non-hydrogen) atoms. The number of nitrogens with zero attached hydrogens (tertiary/aromatic N) is 1. The molecule has 0 spiro atoms. The maximum Gasteiger partial charge on any atom is 0.0831 e. The standard InChI is InChI=1S/C12H18N2O/c1-14(11-7-13-8-12(11)15)9-10-5-3-2-4-6-10/h2-6,11-13,15H,7-9H2,1H3. The van der Waals surface area contributed by atoms with Crippen molar-refractivity contribution in [3.8, 4) is 0 Å². The third-order valence-electron chi connectivity index (χ3n) is 2.99. The summed E-state index contributed by atoms with van der Waals surface area (Å²) in [5.41, 5.74) is 1.29. The average molecular weight is 206 g/mol. The maximum absolute atomic E-state index is 9.73. The van der Waals surface area contributed by atoms with Crippen LogP contribution in [0.5, 0.6) is 0 Å². The van der Waals surface area contributed by atoms with Crippen LogP contribution >= 0.6 is 0 Å². The van der Waals surface area contributed by atoms with Crippen molar-refractivity contribution < 1.29 is 5.11 Å². The van der Waals surface area contributed by atoms with Crippen molar-refractivity contribution in [2.45, 2.75) is 18.7 Å². The molecule has 1 aliphatic rings. The summed E-state index contributed by atoms with van der Waals surface area (Å²) >= 11 is 0. The van der Waals surface area contributed by atoms with E-state index in [0.717, 1.165) is 13.1 Å². The molecule has 1 aromatic rings. The summed E-state index contributed by atoms with van der Waals surface area (Å²) in [4.78, 5) is 2.21. The Morgan fingerprint density at radius 1 is 1.33 bits per heavy atom. The summed E-state index contributed by atoms with van der Waals surface area (Å²) in [6, 6.07) is 10.6. The van der Waals surface area contributed by atoms with E-state index >= 15 is 0 Å². The number of nitrogens with one attached hydrogen (secondary N) is 1. The van der Waals surface area contributed by atoms with Gasteiger partial charge in [-0.3, -0.25) is 4.90 Å². The smallest absolute Gasteiger partial charge is 0.0831 e. The van der Waals surface area contributed by atoms with E-state index in [-0.39, 0.29) is 12.1 Å². The summed E-state index contributed by atoms with van der Waals surface area (Å²) in [5.74, 6) is 0. The third kappa shape index (κ3) is 2.56. The lowest BCUT2D eigenvalue weighted by Crippen LogP contribution is -2.40. The third-order valence-corrected chi connectivity index (χ3v) is 2.99. The van der Waals surface area contributed by atoms with Crippen LogP contribution < -0.4 is 5.32 Å². The number of rotatable bonds is 3. The fourth-order valence-electron chi connectivity index (χ4n) is 2.09. The molecule has 0 saturated carbocycles. The topological polar surface area (TPSA) is 35.5 Å². The molecular weight excluding hydrogens is 188 g/mol. The van der Waals surface area contributed by atoms with Gasteiger partial charge in [0.05, 0.1) is 6.10 Å². The number of aliphatic hydroxyl groups excluding tert-OH is 1. The fourth-order valence-corrected chi connectivity index (χ4v) is 2.09. The molecule has 0 radical (unpaired) electrons. The molecule has 2 unspecified atom stereocenters. The summed E-state index contributed by atoms with van der Waals surface area (Å²) in [7, 11) is 2.06. The number of β-amino-alcohol motifs (C(OH)–C–C–N with tert-alkyl or cyclic N) is 1. The van der Waals surface area contributed by atoms with Crippen LogP contribution in [-0.2, 0) is 6.54 Å². The Morgan fingerprint density at radius 3 is 2.67 bits per heavy atom. The summed E-state index contributed by atoms with van der Waals surface area (Å²) in [6.07, 6.45) is -0.237. The van der Waals surface area contributed by atoms with Crippen molar-refractivity contribution in [1.82, 2.24) is 10.2 Å². The predicted octanol–water partition coefficient (Wildman–Crippen LogP) is 0.451. The van der Waals surface area contributed by atoms with Gasteiger partial charge >= 0.3 is 0 Å². The molecule has 2 rings (SSSR count). The molecular formula is C12H18N2O. The summed E-state index contributed by atoms with van der Waals surface area (Å²) < 4.78 is 0. The predicted molar refractivity (Wildman–Crippen MR) is 60.6 cm³/mol. The monoisotopic (exact) mass is 206 g/mol. The van der Waals surface area contributed by atoms with Crippen LogP contribution in [0.4, 0.5) is 0 Å². The Labute approximate surface area is 90.7 Å². The van der Waals surface area contributed by atoms with Gasteiger partial charge in [0.2, 0.25) is 0 Å². The van der Waals surface area contributed by atoms with Crippen molar-refractivity contribution in [2.75, 3.05) is 20.1 Å². The van der Waals surface area contributed by atoms with Gasteiger partial charge in [-0.2, -0.15) is 0 Å². The second-order valence-electron chi connectivity index (χ2n) is 4.19. The largest absolute Gasteiger partial charge is 0.390 e. The van der Waals surface area contributed by atoms with Crippen molar-refractivity contribution in [3.63, 3.8) is 0 Å². The first-order valence-electron chi connectivity index (χ1n) is 5.40. The van der Waals surface area contributed by atoms with Gasteiger partial charge in [0.15, 0.2) is 0 Å². The first-order valence-corrected chi connectivity index (χ1v) is 5.40. The van der Waals surface area contributed by atoms with E-state index in [4.69, 9.17) is 0 Å². The van der Waals surface area contributed by atoms with E-state index in [2.05, 4.69) is 29.4 Å². The quantitative estimate of drug-likeness (QED) is 0.754. The number of hydrogen-bond acceptors (Lipinski definition) is 3. The Hall–Kier alpha value is -0.900. The molecule has 1 saturated heterocycles. The molecule has 1 aromatic carbocycles. The van der Waals surface area contributed by atoms with E-state index in [1.54, 1.807) is 0 Å². The molecule has 1 fully saturated rings. The molecule has 0 bridgehead atoms. The van der Waals surface area contributed by atoms with Crippen LogP contribution in [0, 0.1) is 0 Å². The van der Waals surface area contributed by atoms with Crippen LogP contribution in [-0.4, -0.2) is 42.3 Å². The molecule has 0 amide bonds. The van der Waals surface area contributed by atoms with Crippen LogP contribution in [0.15, 0.2) is 30.3 Å². The summed E-state index contributed by atoms with van der Waals surface area (Å²) in [6.45, 7) is 2.48. The van der Waals surface area contributed by atoms with E-state index < -0.39 is 0 Å². The molecule has 3 heteroatoms. The van der Waals surface area contributed by atoms with Crippen molar-refractivity contribution in [1.29, 1.82) is 0 Å². The lowest BCUT2D eigenvalue weighted by atomic mass is 10.1. The Balaban J connectivity index is 1.94. The summed E-state index contributed by atoms with van der Waals surface area (Å²) in [5, 5.41) is 12.9. The minimum atomic E-state index is -0.237. The Kier molecular flexibility index (Phi) is 3.36. The van der Waals surface area contributed by atoms with Gasteiger partial charge in [-0.15, -0.1) is 0 Å². The van der Waals surface area contributed by atoms with Gasteiger partial charge in [0.25, 0.3) is 0 Å². The normalized spacial score (nSPS) is 26.1. The lowest BCUT2D eigenvalue weighted by Gasteiger charge is -2.26. The van der Waals surface area contributed by atoms with Gasteiger partial charge in [0.1, 0.15) is 0 Å². The molecule has 3 nitrogen and oxygen atoms in total. The second-order valence-corrected chi connectivity index (χ2v) is 4.19. The molecule has 2 atom stereocenters. The molecule has 2 N–H and O–H groups in total. The van der Waals surface area contributed by atoms with Gasteiger partial charge < -0.3 is 10.4 Å². The first-order chi connectivity index (χ1) is 7.27. The lowest BCUT2D eigenvalue weighted by molar-refractivity contribution is 0.0955. The second kappa shape index (κ2) is 4.75. The molecule has 1 heterocycles. The van der Waals surface area contributed by atoms with Crippen LogP contribution in [0.25, 0.3) is 0 Å². The van der Waals surface area contributed by atoms with Crippen LogP contribution in [0.2, 0.25) is 0 Å². The van der Waals surface area contributed by atoms with Crippen molar-refractivity contribution in [3.05, 3.63) is 35.9 Å². The molecule has 1 aliphatic heterocycles. The van der Waals surface area contributed by atoms with E-state index in [1.807, 2.05) is 18.2 Å². The minimum absolute atomic E-state index is 0.237. The number of aliphatic hydroxyl groups is 1. The number of benzene rings is 1. The van der Waals surface area contributed by atoms with Gasteiger partial charge in [-0.05, 0) is 12.6 Å². The van der Waals surface area contributed by atoms with Gasteiger partial charge in [0, 0.05) is 25.7 Å². The minimum Gasteiger partial charge on any atom is -0.390 e. The van der Waals surface area contributed by atoms with Gasteiger partial charge in [-0.1, -0.05) is 30.3 Å². The molecule has 82 valence electrons. The number of likely N-dealkylation sites (N-methyl/N-ethyl adjacent to an activating group) is 1. The Morgan fingerprint density at radius 2 is 2.07 bits per heavy atom. The van der Waals surface area contributed by atoms with Crippen LogP contribution in [0.3, 0.4) is 0 Å². The maximum atomic E-state index is 9.73. The van der Waals surface area contributed by atoms with Crippen molar-refractivity contribution in [2.24, 2.45) is 0 Å². The van der Waals surface area contributed by atoms with Crippen LogP contribution in [0.1, 0.15) is 5.56 Å². The first kappa shape index (κ1) is 10.6. The zero-order chi connectivity index (χ0) is 10.7. The zero-order valence-electron chi connectivity index (χ0n) is 9.06. The van der Waals surface area contributed by atoms with E-state index in [9.17, 15) is 5.11 Å². The highest BCUT2D eigenvalue weighted by Crippen LogP contribution is 2.11. The highest BCUT2D eigenvalue weighted by atomic mass is 16.3. The van der Waals surface area contributed by atoms with E-state index in [1.165, 1.54) is 5.56 Å². The number of hydrogen-bond donors (Lipinski definition) is 2. The Bertz CT molecular complexity index is 302.